The Morgan fingerprint density at radius 2 is 2.20 bits per heavy atom. The minimum Gasteiger partial charge on any atom is -0.476 e. The molecule has 2 aromatic rings. The Morgan fingerprint density at radius 1 is 1.45 bits per heavy atom. The highest BCUT2D eigenvalue weighted by Crippen LogP contribution is 2.14. The van der Waals surface area contributed by atoms with E-state index in [9.17, 15) is 14.0 Å². The van der Waals surface area contributed by atoms with E-state index in [2.05, 4.69) is 10.3 Å². The molecule has 0 aliphatic carbocycles. The first kappa shape index (κ1) is 14.9. The van der Waals surface area contributed by atoms with Gasteiger partial charge in [-0.3, -0.25) is 4.79 Å². The molecule has 0 aliphatic rings. The third-order valence-electron chi connectivity index (χ3n) is 2.35. The van der Waals surface area contributed by atoms with Gasteiger partial charge in [0.15, 0.2) is 5.69 Å². The quantitative estimate of drug-likeness (QED) is 0.766. The highest BCUT2D eigenvalue weighted by atomic mass is 127. The van der Waals surface area contributed by atoms with E-state index < -0.39 is 11.8 Å². The molecule has 0 saturated carbocycles. The molecule has 0 atom stereocenters. The number of thiazole rings is 1. The molecule has 0 bridgehead atoms. The van der Waals surface area contributed by atoms with Crippen molar-refractivity contribution in [1.82, 2.24) is 10.3 Å². The van der Waals surface area contributed by atoms with Gasteiger partial charge in [-0.05, 0) is 40.8 Å². The smallest absolute Gasteiger partial charge is 0.355 e. The number of nitrogens with zero attached hydrogens (tertiary/aromatic N) is 1. The van der Waals surface area contributed by atoms with E-state index in [4.69, 9.17) is 5.11 Å². The normalized spacial score (nSPS) is 10.3. The van der Waals surface area contributed by atoms with Crippen molar-refractivity contribution in [2.45, 2.75) is 6.54 Å². The molecular formula is C12H8FIN2O3S. The molecule has 2 rings (SSSR count). The Hall–Kier alpha value is -1.55. The van der Waals surface area contributed by atoms with Crippen LogP contribution in [0.3, 0.4) is 0 Å². The fourth-order valence-electron chi connectivity index (χ4n) is 1.42. The minimum atomic E-state index is -1.10. The summed E-state index contributed by atoms with van der Waals surface area (Å²) in [6.45, 7) is 0.129. The molecule has 0 radical (unpaired) electrons. The number of rotatable bonds is 4. The number of hydrogen-bond donors (Lipinski definition) is 2. The monoisotopic (exact) mass is 406 g/mol. The van der Waals surface area contributed by atoms with Crippen LogP contribution in [0.25, 0.3) is 0 Å². The van der Waals surface area contributed by atoms with Crippen molar-refractivity contribution in [2.24, 2.45) is 0 Å². The van der Waals surface area contributed by atoms with Gasteiger partial charge in [0.1, 0.15) is 10.8 Å². The lowest BCUT2D eigenvalue weighted by Gasteiger charge is -2.05. The number of carboxylic acids is 1. The van der Waals surface area contributed by atoms with Gasteiger partial charge >= 0.3 is 5.97 Å². The van der Waals surface area contributed by atoms with Crippen molar-refractivity contribution < 1.29 is 19.1 Å². The predicted octanol–water partition coefficient (Wildman–Crippen LogP) is 2.52. The third-order valence-corrected chi connectivity index (χ3v) is 4.09. The van der Waals surface area contributed by atoms with Crippen LogP contribution >= 0.6 is 33.9 Å². The Kier molecular flexibility index (Phi) is 4.65. The summed E-state index contributed by atoms with van der Waals surface area (Å²) in [5.74, 6) is -1.87. The molecule has 1 amide bonds. The van der Waals surface area contributed by atoms with Crippen molar-refractivity contribution in [1.29, 1.82) is 0 Å². The van der Waals surface area contributed by atoms with Crippen molar-refractivity contribution in [2.75, 3.05) is 0 Å². The Labute approximate surface area is 131 Å². The second-order valence-electron chi connectivity index (χ2n) is 3.74. The second kappa shape index (κ2) is 6.27. The average Bonchev–Trinajstić information content (AvgIpc) is 2.85. The van der Waals surface area contributed by atoms with E-state index in [0.717, 1.165) is 11.3 Å². The topological polar surface area (TPSA) is 79.3 Å². The molecular weight excluding hydrogens is 398 g/mol. The molecule has 0 spiro atoms. The number of benzene rings is 1. The lowest BCUT2D eigenvalue weighted by atomic mass is 10.2. The van der Waals surface area contributed by atoms with Crippen LogP contribution < -0.4 is 5.32 Å². The van der Waals surface area contributed by atoms with Gasteiger partial charge in [-0.25, -0.2) is 14.2 Å². The van der Waals surface area contributed by atoms with Crippen LogP contribution in [0.1, 0.15) is 25.9 Å². The molecule has 20 heavy (non-hydrogen) atoms. The van der Waals surface area contributed by atoms with E-state index in [1.807, 2.05) is 22.6 Å². The van der Waals surface area contributed by atoms with Gasteiger partial charge in [-0.2, -0.15) is 0 Å². The Balaban J connectivity index is 2.02. The number of carboxylic acid groups (broad SMARTS) is 1. The summed E-state index contributed by atoms with van der Waals surface area (Å²) in [5.41, 5.74) is 0.317. The van der Waals surface area contributed by atoms with E-state index in [1.54, 1.807) is 0 Å². The van der Waals surface area contributed by atoms with Crippen LogP contribution in [-0.4, -0.2) is 22.0 Å². The van der Waals surface area contributed by atoms with Crippen molar-refractivity contribution in [3.63, 3.8) is 0 Å². The minimum absolute atomic E-state index is 0.0457. The first-order valence-electron chi connectivity index (χ1n) is 5.38. The van der Waals surface area contributed by atoms with Gasteiger partial charge in [-0.1, -0.05) is 0 Å². The number of aromatic carboxylic acids is 1. The molecule has 104 valence electrons. The second-order valence-corrected chi connectivity index (χ2v) is 5.84. The number of carbonyl (C=O) groups is 2. The standard InChI is InChI=1S/C12H8FIN2O3S/c13-6-1-2-7(8(14)3-6)11(17)15-4-10-16-9(5-20-10)12(18)19/h1-3,5H,4H2,(H,15,17)(H,18,19). The van der Waals surface area contributed by atoms with Gasteiger partial charge in [0, 0.05) is 8.95 Å². The lowest BCUT2D eigenvalue weighted by molar-refractivity contribution is 0.0691. The molecule has 1 aromatic carbocycles. The Bertz CT molecular complexity index is 674. The molecule has 0 fully saturated rings. The third kappa shape index (κ3) is 3.51. The highest BCUT2D eigenvalue weighted by molar-refractivity contribution is 14.1. The van der Waals surface area contributed by atoms with E-state index in [-0.39, 0.29) is 18.1 Å². The van der Waals surface area contributed by atoms with Crippen molar-refractivity contribution >= 4 is 45.8 Å². The summed E-state index contributed by atoms with van der Waals surface area (Å²) in [6, 6.07) is 3.88. The summed E-state index contributed by atoms with van der Waals surface area (Å²) in [5, 5.41) is 13.3. The van der Waals surface area contributed by atoms with Crippen LogP contribution in [0, 0.1) is 9.39 Å². The summed E-state index contributed by atoms with van der Waals surface area (Å²) >= 11 is 3.03. The lowest BCUT2D eigenvalue weighted by Crippen LogP contribution is -2.23. The summed E-state index contributed by atoms with van der Waals surface area (Å²) in [6.07, 6.45) is 0. The van der Waals surface area contributed by atoms with Gasteiger partial charge in [0.05, 0.1) is 12.1 Å². The van der Waals surface area contributed by atoms with Crippen LogP contribution in [0.4, 0.5) is 4.39 Å². The highest BCUT2D eigenvalue weighted by Gasteiger charge is 2.12. The molecule has 5 nitrogen and oxygen atoms in total. The molecule has 0 unspecified atom stereocenters. The first-order valence-corrected chi connectivity index (χ1v) is 7.34. The van der Waals surface area contributed by atoms with E-state index in [0.29, 0.717) is 14.1 Å². The number of amides is 1. The largest absolute Gasteiger partial charge is 0.476 e. The van der Waals surface area contributed by atoms with Crippen LogP contribution in [0.5, 0.6) is 0 Å². The van der Waals surface area contributed by atoms with Crippen molar-refractivity contribution in [3.05, 3.63) is 49.2 Å². The van der Waals surface area contributed by atoms with Gasteiger partial charge < -0.3 is 10.4 Å². The summed E-state index contributed by atoms with van der Waals surface area (Å²) < 4.78 is 13.4. The number of carbonyl (C=O) groups excluding carboxylic acids is 1. The number of hydrogen-bond acceptors (Lipinski definition) is 4. The van der Waals surface area contributed by atoms with E-state index >= 15 is 0 Å². The van der Waals surface area contributed by atoms with Crippen LogP contribution in [0.2, 0.25) is 0 Å². The maximum absolute atomic E-state index is 12.9. The van der Waals surface area contributed by atoms with Crippen LogP contribution in [0.15, 0.2) is 23.6 Å². The zero-order valence-electron chi connectivity index (χ0n) is 9.89. The molecule has 8 heteroatoms. The molecule has 2 N–H and O–H groups in total. The maximum Gasteiger partial charge on any atom is 0.355 e. The SMILES string of the molecule is O=C(O)c1csc(CNC(=O)c2ccc(F)cc2I)n1. The average molecular weight is 406 g/mol. The molecule has 0 aliphatic heterocycles. The first-order chi connectivity index (χ1) is 9.47. The molecule has 1 heterocycles. The van der Waals surface area contributed by atoms with Gasteiger partial charge in [0.2, 0.25) is 0 Å². The fraction of sp³-hybridized carbons (Fsp3) is 0.0833. The number of halogens is 2. The fourth-order valence-corrected chi connectivity index (χ4v) is 2.85. The zero-order chi connectivity index (χ0) is 14.7. The van der Waals surface area contributed by atoms with Gasteiger partial charge in [0.25, 0.3) is 5.91 Å². The molecule has 1 aromatic heterocycles. The predicted molar refractivity (Wildman–Crippen MR) is 79.4 cm³/mol. The van der Waals surface area contributed by atoms with Crippen molar-refractivity contribution in [3.8, 4) is 0 Å². The van der Waals surface area contributed by atoms with E-state index in [1.165, 1.54) is 23.6 Å². The number of nitrogens with one attached hydrogen (secondary N) is 1. The van der Waals surface area contributed by atoms with Crippen LogP contribution in [-0.2, 0) is 6.54 Å². The number of aromatic nitrogens is 1. The zero-order valence-corrected chi connectivity index (χ0v) is 12.9. The Morgan fingerprint density at radius 3 is 2.80 bits per heavy atom. The van der Waals surface area contributed by atoms with Gasteiger partial charge in [-0.15, -0.1) is 11.3 Å². The molecule has 0 saturated heterocycles. The summed E-state index contributed by atoms with van der Waals surface area (Å²) in [7, 11) is 0. The summed E-state index contributed by atoms with van der Waals surface area (Å²) in [4.78, 5) is 26.4. The maximum atomic E-state index is 12.9.